The van der Waals surface area contributed by atoms with Crippen molar-refractivity contribution in [3.05, 3.63) is 59.9 Å². The van der Waals surface area contributed by atoms with Gasteiger partial charge in [0.25, 0.3) is 5.91 Å². The molecule has 0 saturated carbocycles. The molecule has 2 rings (SSSR count). The molecule has 1 amide bonds. The maximum absolute atomic E-state index is 13.6. The molecule has 0 fully saturated rings. The van der Waals surface area contributed by atoms with Crippen molar-refractivity contribution in [3.63, 3.8) is 0 Å². The number of para-hydroxylation sites is 1. The molecule has 0 radical (unpaired) electrons. The van der Waals surface area contributed by atoms with Gasteiger partial charge in [0.1, 0.15) is 5.75 Å². The van der Waals surface area contributed by atoms with Gasteiger partial charge in [-0.05, 0) is 42.7 Å². The van der Waals surface area contributed by atoms with Crippen LogP contribution in [0, 0.1) is 5.82 Å². The van der Waals surface area contributed by atoms with Gasteiger partial charge in [0, 0.05) is 6.54 Å². The van der Waals surface area contributed by atoms with Crippen LogP contribution < -0.4 is 14.8 Å². The molecule has 0 aliphatic carbocycles. The van der Waals surface area contributed by atoms with Crippen molar-refractivity contribution in [3.8, 4) is 11.5 Å². The van der Waals surface area contributed by atoms with Crippen LogP contribution in [0.2, 0.25) is 0 Å². The Hall–Kier alpha value is -2.56. The molecule has 0 heterocycles. The highest BCUT2D eigenvalue weighted by molar-refractivity contribution is 5.81. The lowest BCUT2D eigenvalue weighted by atomic mass is 10.1. The van der Waals surface area contributed by atoms with Crippen LogP contribution in [0.5, 0.6) is 11.5 Å². The first kappa shape index (κ1) is 17.8. The summed E-state index contributed by atoms with van der Waals surface area (Å²) in [7, 11) is 1.62. The molecule has 2 aromatic carbocycles. The van der Waals surface area contributed by atoms with E-state index in [-0.39, 0.29) is 11.7 Å². The van der Waals surface area contributed by atoms with E-state index in [1.54, 1.807) is 19.2 Å². The second-order valence-electron chi connectivity index (χ2n) is 5.33. The molecular formula is C19H22FNO3. The predicted octanol–water partition coefficient (Wildman–Crippen LogP) is 3.35. The molecule has 0 aliphatic heterocycles. The number of amides is 1. The third-order valence-electron chi connectivity index (χ3n) is 3.64. The average Bonchev–Trinajstić information content (AvgIpc) is 2.61. The third-order valence-corrected chi connectivity index (χ3v) is 3.64. The van der Waals surface area contributed by atoms with Crippen molar-refractivity contribution in [2.45, 2.75) is 25.9 Å². The van der Waals surface area contributed by atoms with Gasteiger partial charge in [-0.3, -0.25) is 4.79 Å². The molecule has 4 nitrogen and oxygen atoms in total. The standard InChI is InChI=1S/C19H22FNO3/c1-3-17(24-18-7-5-4-6-16(18)20)19(22)21-13-12-14-8-10-15(23-2)11-9-14/h4-11,17H,3,12-13H2,1-2H3,(H,21,22). The Morgan fingerprint density at radius 3 is 2.50 bits per heavy atom. The van der Waals surface area contributed by atoms with Crippen LogP contribution in [-0.4, -0.2) is 25.7 Å². The summed E-state index contributed by atoms with van der Waals surface area (Å²) in [5.74, 6) is 0.179. The number of hydrogen-bond donors (Lipinski definition) is 1. The maximum Gasteiger partial charge on any atom is 0.261 e. The fourth-order valence-corrected chi connectivity index (χ4v) is 2.25. The first-order valence-electron chi connectivity index (χ1n) is 7.96. The van der Waals surface area contributed by atoms with Gasteiger partial charge in [0.15, 0.2) is 17.7 Å². The highest BCUT2D eigenvalue weighted by atomic mass is 19.1. The summed E-state index contributed by atoms with van der Waals surface area (Å²) in [5, 5.41) is 2.83. The number of benzene rings is 2. The zero-order chi connectivity index (χ0) is 17.4. The van der Waals surface area contributed by atoms with Crippen LogP contribution in [0.25, 0.3) is 0 Å². The van der Waals surface area contributed by atoms with E-state index in [0.717, 1.165) is 11.3 Å². The molecule has 1 unspecified atom stereocenters. The third kappa shape index (κ3) is 4.98. The molecule has 2 aromatic rings. The van der Waals surface area contributed by atoms with Gasteiger partial charge in [0.05, 0.1) is 7.11 Å². The molecule has 0 spiro atoms. The number of carbonyl (C=O) groups excluding carboxylic acids is 1. The summed E-state index contributed by atoms with van der Waals surface area (Å²) < 4.78 is 24.2. The predicted molar refractivity (Wildman–Crippen MR) is 90.8 cm³/mol. The zero-order valence-corrected chi connectivity index (χ0v) is 13.9. The molecule has 0 aromatic heterocycles. The topological polar surface area (TPSA) is 47.6 Å². The fourth-order valence-electron chi connectivity index (χ4n) is 2.25. The van der Waals surface area contributed by atoms with Crippen LogP contribution in [0.1, 0.15) is 18.9 Å². The van der Waals surface area contributed by atoms with Crippen molar-refractivity contribution in [1.29, 1.82) is 0 Å². The molecule has 1 atom stereocenters. The van der Waals surface area contributed by atoms with Gasteiger partial charge in [-0.1, -0.05) is 31.2 Å². The quantitative estimate of drug-likeness (QED) is 0.807. The van der Waals surface area contributed by atoms with E-state index in [9.17, 15) is 9.18 Å². The molecule has 5 heteroatoms. The van der Waals surface area contributed by atoms with Crippen LogP contribution in [0.3, 0.4) is 0 Å². The van der Waals surface area contributed by atoms with Crippen molar-refractivity contribution < 1.29 is 18.7 Å². The Morgan fingerprint density at radius 2 is 1.88 bits per heavy atom. The van der Waals surface area contributed by atoms with Gasteiger partial charge in [-0.2, -0.15) is 0 Å². The fraction of sp³-hybridized carbons (Fsp3) is 0.316. The summed E-state index contributed by atoms with van der Waals surface area (Å²) >= 11 is 0. The van der Waals surface area contributed by atoms with Crippen molar-refractivity contribution in [1.82, 2.24) is 5.32 Å². The second kappa shape index (κ2) is 8.91. The van der Waals surface area contributed by atoms with E-state index in [1.165, 1.54) is 12.1 Å². The largest absolute Gasteiger partial charge is 0.497 e. The van der Waals surface area contributed by atoms with Crippen LogP contribution in [0.15, 0.2) is 48.5 Å². The van der Waals surface area contributed by atoms with Crippen LogP contribution in [-0.2, 0) is 11.2 Å². The van der Waals surface area contributed by atoms with E-state index < -0.39 is 11.9 Å². The van der Waals surface area contributed by atoms with Crippen LogP contribution >= 0.6 is 0 Å². The first-order valence-corrected chi connectivity index (χ1v) is 7.96. The number of rotatable bonds is 8. The minimum atomic E-state index is -0.710. The van der Waals surface area contributed by atoms with E-state index in [0.29, 0.717) is 19.4 Å². The maximum atomic E-state index is 13.6. The Bertz CT molecular complexity index is 658. The van der Waals surface area contributed by atoms with E-state index in [1.807, 2.05) is 31.2 Å². The number of hydrogen-bond acceptors (Lipinski definition) is 3. The highest BCUT2D eigenvalue weighted by Gasteiger charge is 2.19. The van der Waals surface area contributed by atoms with Gasteiger partial charge in [-0.15, -0.1) is 0 Å². The summed E-state index contributed by atoms with van der Waals surface area (Å²) in [4.78, 5) is 12.2. The molecule has 128 valence electrons. The first-order chi connectivity index (χ1) is 11.6. The summed E-state index contributed by atoms with van der Waals surface area (Å²) in [5.41, 5.74) is 1.10. The Labute approximate surface area is 141 Å². The molecular weight excluding hydrogens is 309 g/mol. The SMILES string of the molecule is CCC(Oc1ccccc1F)C(=O)NCCc1ccc(OC)cc1. The van der Waals surface area contributed by atoms with Gasteiger partial charge in [0.2, 0.25) is 0 Å². The number of carbonyl (C=O) groups is 1. The Kier molecular flexibility index (Phi) is 6.61. The Morgan fingerprint density at radius 1 is 1.17 bits per heavy atom. The number of methoxy groups -OCH3 is 1. The highest BCUT2D eigenvalue weighted by Crippen LogP contribution is 2.18. The molecule has 0 saturated heterocycles. The lowest BCUT2D eigenvalue weighted by molar-refractivity contribution is -0.128. The van der Waals surface area contributed by atoms with Gasteiger partial charge in [-0.25, -0.2) is 4.39 Å². The Balaban J connectivity index is 1.84. The number of ether oxygens (including phenoxy) is 2. The minimum absolute atomic E-state index is 0.0923. The van der Waals surface area contributed by atoms with Crippen molar-refractivity contribution in [2.75, 3.05) is 13.7 Å². The molecule has 1 N–H and O–H groups in total. The lowest BCUT2D eigenvalue weighted by Gasteiger charge is -2.17. The van der Waals surface area contributed by atoms with Crippen molar-refractivity contribution >= 4 is 5.91 Å². The zero-order valence-electron chi connectivity index (χ0n) is 13.9. The molecule has 0 bridgehead atoms. The van der Waals surface area contributed by atoms with Gasteiger partial charge < -0.3 is 14.8 Å². The summed E-state index contributed by atoms with van der Waals surface area (Å²) in [6.45, 7) is 2.32. The monoisotopic (exact) mass is 331 g/mol. The normalized spacial score (nSPS) is 11.6. The molecule has 24 heavy (non-hydrogen) atoms. The van der Waals surface area contributed by atoms with Crippen molar-refractivity contribution in [2.24, 2.45) is 0 Å². The van der Waals surface area contributed by atoms with Crippen LogP contribution in [0.4, 0.5) is 4.39 Å². The minimum Gasteiger partial charge on any atom is -0.497 e. The average molecular weight is 331 g/mol. The number of halogens is 1. The smallest absolute Gasteiger partial charge is 0.261 e. The summed E-state index contributed by atoms with van der Waals surface area (Å²) in [6, 6.07) is 13.8. The lowest BCUT2D eigenvalue weighted by Crippen LogP contribution is -2.39. The van der Waals surface area contributed by atoms with E-state index in [2.05, 4.69) is 5.32 Å². The molecule has 0 aliphatic rings. The number of nitrogens with one attached hydrogen (secondary N) is 1. The summed E-state index contributed by atoms with van der Waals surface area (Å²) in [6.07, 6.45) is 0.451. The van der Waals surface area contributed by atoms with Gasteiger partial charge >= 0.3 is 0 Å². The second-order valence-corrected chi connectivity index (χ2v) is 5.33. The van der Waals surface area contributed by atoms with E-state index >= 15 is 0 Å². The van der Waals surface area contributed by atoms with E-state index in [4.69, 9.17) is 9.47 Å².